The van der Waals surface area contributed by atoms with Crippen molar-refractivity contribution in [2.45, 2.75) is 25.7 Å². The number of hydrogen-bond acceptors (Lipinski definition) is 2. The molecule has 3 rings (SSSR count). The molecule has 0 saturated carbocycles. The highest BCUT2D eigenvalue weighted by molar-refractivity contribution is 5.90. The van der Waals surface area contributed by atoms with Gasteiger partial charge in [0.05, 0.1) is 7.11 Å². The third-order valence-corrected chi connectivity index (χ3v) is 3.94. The first kappa shape index (κ1) is 12.1. The molecule has 1 amide bonds. The fourth-order valence-electron chi connectivity index (χ4n) is 3.02. The number of aromatic nitrogens is 1. The highest BCUT2D eigenvalue weighted by Gasteiger charge is 2.25. The van der Waals surface area contributed by atoms with Crippen molar-refractivity contribution in [3.8, 4) is 5.75 Å². The molecule has 1 aliphatic rings. The largest absolute Gasteiger partial charge is 0.496 e. The highest BCUT2D eigenvalue weighted by atomic mass is 16.5. The predicted octanol–water partition coefficient (Wildman–Crippen LogP) is 2.34. The van der Waals surface area contributed by atoms with Crippen LogP contribution in [0.15, 0.2) is 18.3 Å². The first-order valence-corrected chi connectivity index (χ1v) is 6.62. The molecule has 1 aliphatic carbocycles. The molecule has 0 fully saturated rings. The molecule has 1 heterocycles. The zero-order valence-electron chi connectivity index (χ0n) is 11.2. The van der Waals surface area contributed by atoms with Crippen molar-refractivity contribution in [1.82, 2.24) is 10.3 Å². The second-order valence-electron chi connectivity index (χ2n) is 5.09. The summed E-state index contributed by atoms with van der Waals surface area (Å²) in [4.78, 5) is 14.4. The predicted molar refractivity (Wildman–Crippen MR) is 74.6 cm³/mol. The Balaban J connectivity index is 2.03. The van der Waals surface area contributed by atoms with Gasteiger partial charge in [0.1, 0.15) is 5.75 Å². The Bertz CT molecular complexity index is 630. The Kier molecular flexibility index (Phi) is 2.93. The highest BCUT2D eigenvalue weighted by Crippen LogP contribution is 2.40. The normalized spacial score (nSPS) is 17.5. The third kappa shape index (κ3) is 1.97. The lowest BCUT2D eigenvalue weighted by atomic mass is 9.84. The van der Waals surface area contributed by atoms with Gasteiger partial charge in [-0.1, -0.05) is 0 Å². The van der Waals surface area contributed by atoms with E-state index in [9.17, 15) is 4.79 Å². The van der Waals surface area contributed by atoms with Crippen LogP contribution in [0, 0.1) is 0 Å². The Morgan fingerprint density at radius 3 is 3.11 bits per heavy atom. The smallest absolute Gasteiger partial charge is 0.216 e. The molecule has 1 aromatic heterocycles. The number of ether oxygens (including phenoxy) is 1. The van der Waals surface area contributed by atoms with Gasteiger partial charge in [-0.3, -0.25) is 4.79 Å². The molecule has 19 heavy (non-hydrogen) atoms. The van der Waals surface area contributed by atoms with Gasteiger partial charge in [0.25, 0.3) is 0 Å². The number of carbonyl (C=O) groups is 1. The molecule has 4 heteroatoms. The van der Waals surface area contributed by atoms with E-state index in [1.54, 1.807) is 14.0 Å². The van der Waals surface area contributed by atoms with E-state index in [-0.39, 0.29) is 5.91 Å². The maximum atomic E-state index is 11.1. The molecule has 1 aromatic carbocycles. The molecule has 2 aromatic rings. The molecular weight excluding hydrogens is 240 g/mol. The van der Waals surface area contributed by atoms with Crippen molar-refractivity contribution in [2.75, 3.05) is 13.7 Å². The van der Waals surface area contributed by atoms with Crippen LogP contribution in [0.25, 0.3) is 10.9 Å². The second kappa shape index (κ2) is 4.61. The van der Waals surface area contributed by atoms with E-state index in [2.05, 4.69) is 22.6 Å². The van der Waals surface area contributed by atoms with Crippen LogP contribution >= 0.6 is 0 Å². The van der Waals surface area contributed by atoms with E-state index in [0.717, 1.165) is 24.1 Å². The number of nitrogens with one attached hydrogen (secondary N) is 2. The van der Waals surface area contributed by atoms with Crippen LogP contribution in [0.5, 0.6) is 5.75 Å². The molecule has 1 atom stereocenters. The number of hydrogen-bond donors (Lipinski definition) is 2. The average Bonchev–Trinajstić information content (AvgIpc) is 2.84. The van der Waals surface area contributed by atoms with E-state index in [0.29, 0.717) is 12.5 Å². The lowest BCUT2D eigenvalue weighted by molar-refractivity contribution is -0.119. The standard InChI is InChI=1S/C15H18N2O2/c1-9(18)16-7-10-3-4-11-14(19-2)6-5-13-15(11)12(10)8-17-13/h5-6,8,10,17H,3-4,7H2,1-2H3,(H,16,18)/t10-/m0/s1. The summed E-state index contributed by atoms with van der Waals surface area (Å²) < 4.78 is 5.45. The number of rotatable bonds is 3. The Hall–Kier alpha value is -1.97. The summed E-state index contributed by atoms with van der Waals surface area (Å²) in [5, 5.41) is 4.20. The van der Waals surface area contributed by atoms with Gasteiger partial charge in [-0.15, -0.1) is 0 Å². The first-order valence-electron chi connectivity index (χ1n) is 6.62. The van der Waals surface area contributed by atoms with Crippen molar-refractivity contribution in [1.29, 1.82) is 0 Å². The lowest BCUT2D eigenvalue weighted by Gasteiger charge is -2.24. The molecule has 0 spiro atoms. The molecule has 100 valence electrons. The first-order chi connectivity index (χ1) is 9.20. The van der Waals surface area contributed by atoms with Crippen LogP contribution in [0.1, 0.15) is 30.4 Å². The number of H-pyrrole nitrogens is 1. The molecule has 0 radical (unpaired) electrons. The summed E-state index contributed by atoms with van der Waals surface area (Å²) in [7, 11) is 1.72. The van der Waals surface area contributed by atoms with Gasteiger partial charge < -0.3 is 15.0 Å². The van der Waals surface area contributed by atoms with Gasteiger partial charge in [-0.2, -0.15) is 0 Å². The van der Waals surface area contributed by atoms with Gasteiger partial charge in [0.15, 0.2) is 0 Å². The number of amides is 1. The average molecular weight is 258 g/mol. The van der Waals surface area contributed by atoms with Crippen LogP contribution < -0.4 is 10.1 Å². The number of benzene rings is 1. The third-order valence-electron chi connectivity index (χ3n) is 3.94. The van der Waals surface area contributed by atoms with Gasteiger partial charge >= 0.3 is 0 Å². The maximum Gasteiger partial charge on any atom is 0.216 e. The SMILES string of the molecule is COc1ccc2[nH]cc3c2c1CC[C@H]3CNC(C)=O. The molecule has 0 saturated heterocycles. The zero-order valence-corrected chi connectivity index (χ0v) is 11.2. The van der Waals surface area contributed by atoms with Crippen molar-refractivity contribution in [3.63, 3.8) is 0 Å². The minimum Gasteiger partial charge on any atom is -0.496 e. The van der Waals surface area contributed by atoms with E-state index < -0.39 is 0 Å². The molecule has 2 N–H and O–H groups in total. The number of aryl methyl sites for hydroxylation is 1. The van der Waals surface area contributed by atoms with Gasteiger partial charge in [-0.05, 0) is 30.5 Å². The monoisotopic (exact) mass is 258 g/mol. The minimum atomic E-state index is 0.0308. The van der Waals surface area contributed by atoms with Crippen molar-refractivity contribution in [3.05, 3.63) is 29.5 Å². The van der Waals surface area contributed by atoms with Gasteiger partial charge in [0.2, 0.25) is 5.91 Å². The zero-order chi connectivity index (χ0) is 13.4. The summed E-state index contributed by atoms with van der Waals surface area (Å²) in [5.74, 6) is 1.38. The van der Waals surface area contributed by atoms with Crippen molar-refractivity contribution >= 4 is 16.8 Å². The fourth-order valence-corrected chi connectivity index (χ4v) is 3.02. The Morgan fingerprint density at radius 1 is 1.53 bits per heavy atom. The fraction of sp³-hybridized carbons (Fsp3) is 0.400. The molecular formula is C15H18N2O2. The summed E-state index contributed by atoms with van der Waals surface area (Å²) in [5.41, 5.74) is 3.73. The maximum absolute atomic E-state index is 11.1. The summed E-state index contributed by atoms with van der Waals surface area (Å²) in [6.45, 7) is 2.27. The van der Waals surface area contributed by atoms with Gasteiger partial charge in [0, 0.05) is 42.0 Å². The van der Waals surface area contributed by atoms with Crippen molar-refractivity contribution < 1.29 is 9.53 Å². The molecule has 4 nitrogen and oxygen atoms in total. The molecule has 0 bridgehead atoms. The Labute approximate surface area is 112 Å². The van der Waals surface area contributed by atoms with E-state index in [4.69, 9.17) is 4.74 Å². The molecule has 0 aliphatic heterocycles. The number of methoxy groups -OCH3 is 1. The lowest BCUT2D eigenvalue weighted by Crippen LogP contribution is -2.27. The minimum absolute atomic E-state index is 0.0308. The van der Waals surface area contributed by atoms with Crippen LogP contribution in [-0.2, 0) is 11.2 Å². The van der Waals surface area contributed by atoms with E-state index >= 15 is 0 Å². The molecule has 0 unspecified atom stereocenters. The summed E-state index contributed by atoms with van der Waals surface area (Å²) in [6, 6.07) is 4.08. The quantitative estimate of drug-likeness (QED) is 0.888. The number of aromatic amines is 1. The van der Waals surface area contributed by atoms with E-state index in [1.807, 2.05) is 6.07 Å². The topological polar surface area (TPSA) is 54.1 Å². The second-order valence-corrected chi connectivity index (χ2v) is 5.09. The van der Waals surface area contributed by atoms with Crippen LogP contribution in [0.3, 0.4) is 0 Å². The van der Waals surface area contributed by atoms with Crippen LogP contribution in [0.2, 0.25) is 0 Å². The van der Waals surface area contributed by atoms with Crippen molar-refractivity contribution in [2.24, 2.45) is 0 Å². The number of carbonyl (C=O) groups excluding carboxylic acids is 1. The van der Waals surface area contributed by atoms with E-state index in [1.165, 1.54) is 16.5 Å². The van der Waals surface area contributed by atoms with Crippen LogP contribution in [0.4, 0.5) is 0 Å². The van der Waals surface area contributed by atoms with Gasteiger partial charge in [-0.25, -0.2) is 0 Å². The summed E-state index contributed by atoms with van der Waals surface area (Å²) >= 11 is 0. The Morgan fingerprint density at radius 2 is 2.37 bits per heavy atom. The van der Waals surface area contributed by atoms with Crippen LogP contribution in [-0.4, -0.2) is 24.5 Å². The summed E-state index contributed by atoms with van der Waals surface area (Å²) in [6.07, 6.45) is 4.11.